The van der Waals surface area contributed by atoms with Crippen molar-refractivity contribution in [1.29, 1.82) is 0 Å². The molecule has 2 heterocycles. The van der Waals surface area contributed by atoms with Crippen LogP contribution in [0.4, 0.5) is 5.69 Å². The molecule has 0 radical (unpaired) electrons. The Morgan fingerprint density at radius 3 is 2.94 bits per heavy atom. The summed E-state index contributed by atoms with van der Waals surface area (Å²) in [4.78, 5) is 6.69. The molecule has 0 saturated carbocycles. The lowest BCUT2D eigenvalue weighted by molar-refractivity contribution is 0.325. The molecular formula is C14H23N3. The molecule has 2 N–H and O–H groups in total. The first-order valence-electron chi connectivity index (χ1n) is 6.50. The Balaban J connectivity index is 2.17. The van der Waals surface area contributed by atoms with Crippen molar-refractivity contribution in [1.82, 2.24) is 4.98 Å². The molecule has 0 aliphatic carbocycles. The van der Waals surface area contributed by atoms with Gasteiger partial charge in [-0.25, -0.2) is 0 Å². The smallest absolute Gasteiger partial charge is 0.0598 e. The van der Waals surface area contributed by atoms with Crippen LogP contribution in [0.1, 0.15) is 38.7 Å². The summed E-state index contributed by atoms with van der Waals surface area (Å²) in [7, 11) is 0. The van der Waals surface area contributed by atoms with Crippen LogP contribution in [-0.2, 0) is 6.54 Å². The maximum absolute atomic E-state index is 5.80. The average molecular weight is 233 g/mol. The van der Waals surface area contributed by atoms with E-state index < -0.39 is 0 Å². The van der Waals surface area contributed by atoms with Gasteiger partial charge in [-0.1, -0.05) is 13.8 Å². The predicted molar refractivity (Wildman–Crippen MR) is 72.0 cm³/mol. The topological polar surface area (TPSA) is 42.2 Å². The van der Waals surface area contributed by atoms with E-state index in [-0.39, 0.29) is 0 Å². The van der Waals surface area contributed by atoms with E-state index >= 15 is 0 Å². The molecular weight excluding hydrogens is 210 g/mol. The van der Waals surface area contributed by atoms with Gasteiger partial charge in [0.1, 0.15) is 0 Å². The van der Waals surface area contributed by atoms with Crippen molar-refractivity contribution in [3.63, 3.8) is 0 Å². The molecule has 1 aliphatic rings. The summed E-state index contributed by atoms with van der Waals surface area (Å²) in [6, 6.07) is 2.03. The fourth-order valence-corrected chi connectivity index (χ4v) is 2.54. The highest BCUT2D eigenvalue weighted by Gasteiger charge is 2.23. The second-order valence-electron chi connectivity index (χ2n) is 5.71. The minimum Gasteiger partial charge on any atom is -0.370 e. The number of aromatic nitrogens is 1. The molecule has 3 nitrogen and oxygen atoms in total. The number of nitrogens with two attached hydrogens (primary N) is 1. The van der Waals surface area contributed by atoms with Gasteiger partial charge in [0.25, 0.3) is 0 Å². The Hall–Kier alpha value is -1.09. The molecule has 1 saturated heterocycles. The Labute approximate surface area is 104 Å². The molecule has 1 aromatic rings. The van der Waals surface area contributed by atoms with Gasteiger partial charge in [-0.3, -0.25) is 4.98 Å². The minimum absolute atomic E-state index is 0.472. The molecule has 0 aromatic carbocycles. The van der Waals surface area contributed by atoms with Crippen molar-refractivity contribution in [3.8, 4) is 0 Å². The van der Waals surface area contributed by atoms with Crippen LogP contribution < -0.4 is 10.6 Å². The van der Waals surface area contributed by atoms with Crippen molar-refractivity contribution >= 4 is 5.69 Å². The molecule has 1 aliphatic heterocycles. The van der Waals surface area contributed by atoms with Crippen molar-refractivity contribution in [2.75, 3.05) is 18.0 Å². The van der Waals surface area contributed by atoms with Crippen molar-refractivity contribution in [3.05, 3.63) is 24.0 Å². The van der Waals surface area contributed by atoms with Gasteiger partial charge in [-0.05, 0) is 36.3 Å². The number of pyridine rings is 1. The molecule has 0 spiro atoms. The van der Waals surface area contributed by atoms with E-state index in [1.807, 2.05) is 18.5 Å². The standard InChI is InChI=1S/C14H23N3/c1-14(2)5-3-8-17(9-6-14)13-11-16-7-4-12(13)10-15/h4,7,11H,3,5-6,8-10,15H2,1-2H3. The van der Waals surface area contributed by atoms with Crippen LogP contribution in [0.3, 0.4) is 0 Å². The van der Waals surface area contributed by atoms with Crippen LogP contribution in [0, 0.1) is 5.41 Å². The monoisotopic (exact) mass is 233 g/mol. The lowest BCUT2D eigenvalue weighted by Crippen LogP contribution is -2.26. The van der Waals surface area contributed by atoms with Crippen LogP contribution in [0.25, 0.3) is 0 Å². The molecule has 0 atom stereocenters. The zero-order chi connectivity index (χ0) is 12.3. The maximum atomic E-state index is 5.80. The highest BCUT2D eigenvalue weighted by atomic mass is 15.1. The Bertz CT molecular complexity index is 373. The van der Waals surface area contributed by atoms with E-state index in [0.29, 0.717) is 12.0 Å². The second kappa shape index (κ2) is 5.05. The van der Waals surface area contributed by atoms with Gasteiger partial charge in [0, 0.05) is 25.8 Å². The van der Waals surface area contributed by atoms with Gasteiger partial charge in [0.2, 0.25) is 0 Å². The summed E-state index contributed by atoms with van der Waals surface area (Å²) in [5.74, 6) is 0. The van der Waals surface area contributed by atoms with Crippen LogP contribution in [0.15, 0.2) is 18.5 Å². The third kappa shape index (κ3) is 2.97. The van der Waals surface area contributed by atoms with E-state index in [1.54, 1.807) is 0 Å². The normalized spacial score (nSPS) is 20.1. The number of hydrogen-bond donors (Lipinski definition) is 1. The van der Waals surface area contributed by atoms with Gasteiger partial charge in [0.15, 0.2) is 0 Å². The summed E-state index contributed by atoms with van der Waals surface area (Å²) < 4.78 is 0. The summed E-state index contributed by atoms with van der Waals surface area (Å²) in [5.41, 5.74) is 8.70. The molecule has 0 unspecified atom stereocenters. The van der Waals surface area contributed by atoms with E-state index in [9.17, 15) is 0 Å². The van der Waals surface area contributed by atoms with Gasteiger partial charge >= 0.3 is 0 Å². The maximum Gasteiger partial charge on any atom is 0.0598 e. The van der Waals surface area contributed by atoms with Crippen LogP contribution >= 0.6 is 0 Å². The quantitative estimate of drug-likeness (QED) is 0.853. The third-order valence-corrected chi connectivity index (χ3v) is 3.79. The largest absolute Gasteiger partial charge is 0.370 e. The molecule has 94 valence electrons. The van der Waals surface area contributed by atoms with Crippen LogP contribution in [0.5, 0.6) is 0 Å². The summed E-state index contributed by atoms with van der Waals surface area (Å²) in [6.45, 7) is 7.57. The highest BCUT2D eigenvalue weighted by molar-refractivity contribution is 5.51. The number of anilines is 1. The average Bonchev–Trinajstić information content (AvgIpc) is 2.50. The lowest BCUT2D eigenvalue weighted by atomic mass is 9.85. The first kappa shape index (κ1) is 12.4. The fraction of sp³-hybridized carbons (Fsp3) is 0.643. The van der Waals surface area contributed by atoms with Crippen LogP contribution in [-0.4, -0.2) is 18.1 Å². The summed E-state index contributed by atoms with van der Waals surface area (Å²) >= 11 is 0. The van der Waals surface area contributed by atoms with E-state index in [0.717, 1.165) is 13.1 Å². The molecule has 17 heavy (non-hydrogen) atoms. The number of rotatable bonds is 2. The highest BCUT2D eigenvalue weighted by Crippen LogP contribution is 2.32. The van der Waals surface area contributed by atoms with Crippen molar-refractivity contribution in [2.45, 2.75) is 39.7 Å². The summed E-state index contributed by atoms with van der Waals surface area (Å²) in [6.07, 6.45) is 7.59. The minimum atomic E-state index is 0.472. The van der Waals surface area contributed by atoms with Crippen molar-refractivity contribution in [2.24, 2.45) is 11.1 Å². The predicted octanol–water partition coefficient (Wildman–Crippen LogP) is 2.56. The first-order chi connectivity index (χ1) is 8.12. The number of hydrogen-bond acceptors (Lipinski definition) is 3. The molecule has 0 amide bonds. The van der Waals surface area contributed by atoms with E-state index in [4.69, 9.17) is 5.73 Å². The van der Waals surface area contributed by atoms with Crippen molar-refractivity contribution < 1.29 is 0 Å². The summed E-state index contributed by atoms with van der Waals surface area (Å²) in [5, 5.41) is 0. The zero-order valence-electron chi connectivity index (χ0n) is 10.9. The Morgan fingerprint density at radius 2 is 2.18 bits per heavy atom. The van der Waals surface area contributed by atoms with Gasteiger partial charge < -0.3 is 10.6 Å². The van der Waals surface area contributed by atoms with Crippen LogP contribution in [0.2, 0.25) is 0 Å². The van der Waals surface area contributed by atoms with Gasteiger partial charge in [-0.2, -0.15) is 0 Å². The van der Waals surface area contributed by atoms with Gasteiger partial charge in [0.05, 0.1) is 11.9 Å². The lowest BCUT2D eigenvalue weighted by Gasteiger charge is -2.26. The molecule has 2 rings (SSSR count). The first-order valence-corrected chi connectivity index (χ1v) is 6.50. The SMILES string of the molecule is CC1(C)CCCN(c2cnccc2CN)CC1. The van der Waals surface area contributed by atoms with E-state index in [1.165, 1.54) is 30.5 Å². The third-order valence-electron chi connectivity index (χ3n) is 3.79. The Kier molecular flexibility index (Phi) is 3.67. The fourth-order valence-electron chi connectivity index (χ4n) is 2.54. The second-order valence-corrected chi connectivity index (χ2v) is 5.71. The molecule has 0 bridgehead atoms. The molecule has 1 aromatic heterocycles. The molecule has 3 heteroatoms. The Morgan fingerprint density at radius 1 is 1.35 bits per heavy atom. The zero-order valence-corrected chi connectivity index (χ0v) is 10.9. The van der Waals surface area contributed by atoms with E-state index in [2.05, 4.69) is 23.7 Å². The number of nitrogens with zero attached hydrogens (tertiary/aromatic N) is 2. The van der Waals surface area contributed by atoms with Gasteiger partial charge in [-0.15, -0.1) is 0 Å². The molecule has 1 fully saturated rings.